The lowest BCUT2D eigenvalue weighted by Gasteiger charge is -2.25. The number of aliphatic imine (C=N–C) groups is 1. The molecule has 1 aliphatic rings. The first-order chi connectivity index (χ1) is 16.7. The van der Waals surface area contributed by atoms with E-state index in [0.717, 1.165) is 16.8 Å². The largest absolute Gasteiger partial charge is 0.329 e. The Labute approximate surface area is 204 Å². The van der Waals surface area contributed by atoms with Crippen LogP contribution in [0.5, 0.6) is 0 Å². The normalized spacial score (nSPS) is 13.1. The van der Waals surface area contributed by atoms with Crippen molar-refractivity contribution in [3.8, 4) is 0 Å². The van der Waals surface area contributed by atoms with Crippen molar-refractivity contribution >= 4 is 39.6 Å². The van der Waals surface area contributed by atoms with Gasteiger partial charge in [-0.05, 0) is 47.9 Å². The van der Waals surface area contributed by atoms with Crippen molar-refractivity contribution in [1.82, 2.24) is 10.0 Å². The third-order valence-corrected chi connectivity index (χ3v) is 7.31. The molecule has 0 fully saturated rings. The molecule has 0 aliphatic carbocycles. The fourth-order valence-electron chi connectivity index (χ4n) is 3.95. The molecule has 1 heterocycles. The molecule has 180 valence electrons. The topological polar surface area (TPSA) is 108 Å². The number of anilines is 1. The van der Waals surface area contributed by atoms with E-state index in [0.29, 0.717) is 17.7 Å². The van der Waals surface area contributed by atoms with Crippen LogP contribution in [-0.2, 0) is 27.7 Å². The van der Waals surface area contributed by atoms with Crippen molar-refractivity contribution in [3.63, 3.8) is 0 Å². The minimum absolute atomic E-state index is 0.00133. The molecule has 1 aliphatic heterocycles. The van der Waals surface area contributed by atoms with Crippen LogP contribution in [0.15, 0.2) is 82.7 Å². The molecule has 9 heteroatoms. The highest BCUT2D eigenvalue weighted by Crippen LogP contribution is 2.28. The van der Waals surface area contributed by atoms with Crippen molar-refractivity contribution in [2.45, 2.75) is 30.7 Å². The summed E-state index contributed by atoms with van der Waals surface area (Å²) in [7, 11) is -2.49. The fraction of sp³-hybridized carbons (Fsp3) is 0.192. The summed E-state index contributed by atoms with van der Waals surface area (Å²) in [6.45, 7) is 1.64. The maximum atomic E-state index is 13.5. The van der Waals surface area contributed by atoms with Crippen molar-refractivity contribution < 1.29 is 18.0 Å². The number of nitrogens with zero attached hydrogens (tertiary/aromatic N) is 2. The number of sulfonamides is 1. The molecule has 0 aromatic heterocycles. The molecule has 1 atom stereocenters. The number of carbonyl (C=O) groups excluding carboxylic acids is 2. The highest BCUT2D eigenvalue weighted by atomic mass is 32.2. The lowest BCUT2D eigenvalue weighted by Crippen LogP contribution is -2.52. The number of fused-ring (bicyclic) bond motifs is 1. The van der Waals surface area contributed by atoms with E-state index in [9.17, 15) is 18.0 Å². The van der Waals surface area contributed by atoms with E-state index in [1.54, 1.807) is 38.2 Å². The SMILES string of the molecule is Cc1ccccc1S(=O)(=O)NC(=O)N[C@@H](Cc1ccccc1)C(=O)N(C)c1ccc2c(c1)CC=N2. The van der Waals surface area contributed by atoms with Gasteiger partial charge in [-0.15, -0.1) is 0 Å². The van der Waals surface area contributed by atoms with Gasteiger partial charge in [0.1, 0.15) is 6.04 Å². The lowest BCUT2D eigenvalue weighted by atomic mass is 10.0. The summed E-state index contributed by atoms with van der Waals surface area (Å²) >= 11 is 0. The van der Waals surface area contributed by atoms with Gasteiger partial charge in [-0.2, -0.15) is 0 Å². The molecule has 0 bridgehead atoms. The third kappa shape index (κ3) is 5.58. The van der Waals surface area contributed by atoms with Gasteiger partial charge < -0.3 is 10.2 Å². The van der Waals surface area contributed by atoms with Gasteiger partial charge in [-0.25, -0.2) is 17.9 Å². The molecule has 0 saturated heterocycles. The number of hydrogen-bond acceptors (Lipinski definition) is 5. The summed E-state index contributed by atoms with van der Waals surface area (Å²) in [5.74, 6) is -0.379. The van der Waals surface area contributed by atoms with E-state index < -0.39 is 22.1 Å². The van der Waals surface area contributed by atoms with E-state index in [1.165, 1.54) is 11.0 Å². The predicted octanol–water partition coefficient (Wildman–Crippen LogP) is 3.52. The maximum Gasteiger partial charge on any atom is 0.329 e. The summed E-state index contributed by atoms with van der Waals surface area (Å²) < 4.78 is 27.5. The second-order valence-corrected chi connectivity index (χ2v) is 9.96. The molecule has 3 amide bonds. The van der Waals surface area contributed by atoms with Crippen LogP contribution in [0.2, 0.25) is 0 Å². The summed E-state index contributed by atoms with van der Waals surface area (Å²) in [5.41, 5.74) is 3.87. The second kappa shape index (κ2) is 10.1. The van der Waals surface area contributed by atoms with Crippen molar-refractivity contribution in [1.29, 1.82) is 0 Å². The van der Waals surface area contributed by atoms with Gasteiger partial charge in [-0.3, -0.25) is 9.79 Å². The monoisotopic (exact) mass is 490 g/mol. The molecule has 3 aromatic rings. The summed E-state index contributed by atoms with van der Waals surface area (Å²) in [6.07, 6.45) is 2.70. The number of nitrogens with one attached hydrogen (secondary N) is 2. The average molecular weight is 491 g/mol. The Bertz CT molecular complexity index is 1390. The van der Waals surface area contributed by atoms with Crippen LogP contribution < -0.4 is 14.9 Å². The Balaban J connectivity index is 1.55. The fourth-order valence-corrected chi connectivity index (χ4v) is 5.11. The van der Waals surface area contributed by atoms with E-state index in [1.807, 2.05) is 53.4 Å². The molecule has 3 aromatic carbocycles. The Morgan fingerprint density at radius 3 is 2.49 bits per heavy atom. The second-order valence-electron chi connectivity index (χ2n) is 8.31. The van der Waals surface area contributed by atoms with Gasteiger partial charge in [0.15, 0.2) is 0 Å². The highest BCUT2D eigenvalue weighted by Gasteiger charge is 2.28. The summed E-state index contributed by atoms with van der Waals surface area (Å²) in [6, 6.07) is 19.1. The number of rotatable bonds is 7. The molecule has 2 N–H and O–H groups in total. The van der Waals surface area contributed by atoms with Crippen LogP contribution in [0, 0.1) is 6.92 Å². The standard InChI is InChI=1S/C26H26N4O4S/c1-18-8-6-7-11-24(18)35(33,34)29-26(32)28-23(16-19-9-4-3-5-10-19)25(31)30(2)21-12-13-22-20(17-21)14-15-27-22/h3-13,15,17,23H,14,16H2,1-2H3,(H2,28,29,32)/t23-/m0/s1. The van der Waals surface area contributed by atoms with Crippen LogP contribution in [0.1, 0.15) is 16.7 Å². The summed E-state index contributed by atoms with van der Waals surface area (Å²) in [5, 5.41) is 2.57. The van der Waals surface area contributed by atoms with Gasteiger partial charge in [0, 0.05) is 31.8 Å². The van der Waals surface area contributed by atoms with Gasteiger partial charge >= 0.3 is 6.03 Å². The average Bonchev–Trinajstić information content (AvgIpc) is 3.31. The Hall–Kier alpha value is -3.98. The van der Waals surface area contributed by atoms with Crippen LogP contribution in [0.3, 0.4) is 0 Å². The lowest BCUT2D eigenvalue weighted by molar-refractivity contribution is -0.120. The molecule has 0 saturated carbocycles. The molecular formula is C26H26N4O4S. The molecule has 0 unspecified atom stereocenters. The number of likely N-dealkylation sites (N-methyl/N-ethyl adjacent to an activating group) is 1. The van der Waals surface area contributed by atoms with Crippen LogP contribution in [0.4, 0.5) is 16.2 Å². The van der Waals surface area contributed by atoms with E-state index in [2.05, 4.69) is 10.3 Å². The zero-order valence-corrected chi connectivity index (χ0v) is 20.2. The minimum Gasteiger partial charge on any atom is -0.325 e. The van der Waals surface area contributed by atoms with Crippen molar-refractivity contribution in [3.05, 3.63) is 89.5 Å². The number of hydrogen-bond donors (Lipinski definition) is 2. The van der Waals surface area contributed by atoms with Crippen LogP contribution in [0.25, 0.3) is 0 Å². The zero-order chi connectivity index (χ0) is 25.0. The molecule has 35 heavy (non-hydrogen) atoms. The first-order valence-corrected chi connectivity index (χ1v) is 12.6. The number of aryl methyl sites for hydroxylation is 1. The van der Waals surface area contributed by atoms with Crippen molar-refractivity contribution in [2.24, 2.45) is 4.99 Å². The maximum absolute atomic E-state index is 13.5. The van der Waals surface area contributed by atoms with Crippen molar-refractivity contribution in [2.75, 3.05) is 11.9 Å². The number of carbonyl (C=O) groups is 2. The smallest absolute Gasteiger partial charge is 0.325 e. The number of benzene rings is 3. The minimum atomic E-state index is -4.11. The highest BCUT2D eigenvalue weighted by molar-refractivity contribution is 7.90. The molecule has 0 radical (unpaired) electrons. The first-order valence-electron chi connectivity index (χ1n) is 11.1. The predicted molar refractivity (Wildman–Crippen MR) is 136 cm³/mol. The molecule has 8 nitrogen and oxygen atoms in total. The van der Waals surface area contributed by atoms with Gasteiger partial charge in [0.2, 0.25) is 5.91 Å². The quantitative estimate of drug-likeness (QED) is 0.528. The molecule has 4 rings (SSSR count). The zero-order valence-electron chi connectivity index (χ0n) is 19.4. The Morgan fingerprint density at radius 2 is 1.74 bits per heavy atom. The number of amides is 3. The Kier molecular flexibility index (Phi) is 6.97. The third-order valence-electron chi connectivity index (χ3n) is 5.82. The van der Waals surface area contributed by atoms with Gasteiger partial charge in [0.05, 0.1) is 10.6 Å². The van der Waals surface area contributed by atoms with E-state index in [-0.39, 0.29) is 17.2 Å². The van der Waals surface area contributed by atoms with Gasteiger partial charge in [0.25, 0.3) is 10.0 Å². The van der Waals surface area contributed by atoms with Gasteiger partial charge in [-0.1, -0.05) is 48.5 Å². The Morgan fingerprint density at radius 1 is 1.03 bits per heavy atom. The van der Waals surface area contributed by atoms with Crippen LogP contribution >= 0.6 is 0 Å². The van der Waals surface area contributed by atoms with E-state index in [4.69, 9.17) is 0 Å². The van der Waals surface area contributed by atoms with E-state index >= 15 is 0 Å². The number of urea groups is 1. The van der Waals surface area contributed by atoms with Crippen LogP contribution in [-0.4, -0.2) is 39.7 Å². The molecule has 0 spiro atoms. The summed E-state index contributed by atoms with van der Waals surface area (Å²) in [4.78, 5) is 32.0. The molecular weight excluding hydrogens is 464 g/mol. The first kappa shape index (κ1) is 24.2.